The number of hydrogen-bond donors (Lipinski definition) is 1. The van der Waals surface area contributed by atoms with E-state index in [0.29, 0.717) is 31.8 Å². The molecule has 0 aliphatic carbocycles. The number of amides is 1. The predicted octanol–water partition coefficient (Wildman–Crippen LogP) is 1.99. The Morgan fingerprint density at radius 3 is 2.59 bits per heavy atom. The summed E-state index contributed by atoms with van der Waals surface area (Å²) in [6, 6.07) is 0. The van der Waals surface area contributed by atoms with Crippen LogP contribution in [0.1, 0.15) is 40.5 Å². The Labute approximate surface area is 103 Å². The van der Waals surface area contributed by atoms with E-state index in [1.54, 1.807) is 4.90 Å². The maximum absolute atomic E-state index is 11.8. The van der Waals surface area contributed by atoms with E-state index in [2.05, 4.69) is 27.7 Å². The molecule has 1 aliphatic rings. The number of likely N-dealkylation sites (tertiary alicyclic amines) is 1. The van der Waals surface area contributed by atoms with Gasteiger partial charge in [-0.25, -0.2) is 0 Å². The predicted molar refractivity (Wildman–Crippen MR) is 65.6 cm³/mol. The van der Waals surface area contributed by atoms with E-state index in [1.165, 1.54) is 0 Å². The number of hydrogen-bond acceptors (Lipinski definition) is 2. The van der Waals surface area contributed by atoms with Crippen molar-refractivity contribution in [2.45, 2.75) is 40.5 Å². The lowest BCUT2D eigenvalue weighted by molar-refractivity contribution is -0.148. The molecule has 0 spiro atoms. The average molecular weight is 241 g/mol. The van der Waals surface area contributed by atoms with Crippen LogP contribution in [0.5, 0.6) is 0 Å². The Kier molecular flexibility index (Phi) is 4.17. The minimum absolute atomic E-state index is 0.0239. The fraction of sp³-hybridized carbons (Fsp3) is 0.846. The van der Waals surface area contributed by atoms with E-state index in [-0.39, 0.29) is 11.3 Å². The van der Waals surface area contributed by atoms with Gasteiger partial charge in [-0.05, 0) is 17.8 Å². The Morgan fingerprint density at radius 1 is 1.53 bits per heavy atom. The first-order chi connectivity index (χ1) is 7.74. The second kappa shape index (κ2) is 5.07. The highest BCUT2D eigenvalue weighted by Crippen LogP contribution is 2.29. The Hall–Kier alpha value is -1.06. The molecular weight excluding hydrogens is 218 g/mol. The highest BCUT2D eigenvalue weighted by Gasteiger charge is 2.34. The van der Waals surface area contributed by atoms with Gasteiger partial charge in [0.1, 0.15) is 0 Å². The highest BCUT2D eigenvalue weighted by molar-refractivity contribution is 5.80. The maximum atomic E-state index is 11.8. The van der Waals surface area contributed by atoms with Gasteiger partial charge in [0.15, 0.2) is 0 Å². The van der Waals surface area contributed by atoms with Gasteiger partial charge in [0.2, 0.25) is 5.91 Å². The standard InChI is InChI=1S/C13H23NO3/c1-9(2)13(3,4)8-14-7-10(12(16)17)5-6-11(14)15/h9-10H,5-8H2,1-4H3,(H,16,17). The summed E-state index contributed by atoms with van der Waals surface area (Å²) >= 11 is 0. The highest BCUT2D eigenvalue weighted by atomic mass is 16.4. The van der Waals surface area contributed by atoms with Gasteiger partial charge < -0.3 is 10.0 Å². The van der Waals surface area contributed by atoms with E-state index < -0.39 is 11.9 Å². The van der Waals surface area contributed by atoms with Crippen molar-refractivity contribution in [2.24, 2.45) is 17.3 Å². The Bertz CT molecular complexity index is 310. The first-order valence-electron chi connectivity index (χ1n) is 6.24. The molecule has 1 unspecified atom stereocenters. The van der Waals surface area contributed by atoms with E-state index >= 15 is 0 Å². The summed E-state index contributed by atoms with van der Waals surface area (Å²) in [5.41, 5.74) is 0.0239. The van der Waals surface area contributed by atoms with Crippen molar-refractivity contribution in [1.29, 1.82) is 0 Å². The molecule has 1 amide bonds. The van der Waals surface area contributed by atoms with Gasteiger partial charge in [0.25, 0.3) is 0 Å². The number of aliphatic carboxylic acids is 1. The average Bonchev–Trinajstić information content (AvgIpc) is 2.20. The van der Waals surface area contributed by atoms with Crippen LogP contribution in [0.2, 0.25) is 0 Å². The quantitative estimate of drug-likeness (QED) is 0.819. The molecule has 0 aromatic carbocycles. The summed E-state index contributed by atoms with van der Waals surface area (Å²) in [5, 5.41) is 9.01. The van der Waals surface area contributed by atoms with Crippen molar-refractivity contribution >= 4 is 11.9 Å². The molecule has 0 aromatic heterocycles. The first-order valence-corrected chi connectivity index (χ1v) is 6.24. The van der Waals surface area contributed by atoms with Gasteiger partial charge in [0.05, 0.1) is 5.92 Å². The zero-order chi connectivity index (χ0) is 13.2. The van der Waals surface area contributed by atoms with Crippen LogP contribution < -0.4 is 0 Å². The van der Waals surface area contributed by atoms with Crippen LogP contribution in [-0.4, -0.2) is 35.0 Å². The van der Waals surface area contributed by atoms with E-state index in [0.717, 1.165) is 0 Å². The van der Waals surface area contributed by atoms with Crippen molar-refractivity contribution in [3.8, 4) is 0 Å². The number of carboxylic acid groups (broad SMARTS) is 1. The summed E-state index contributed by atoms with van der Waals surface area (Å²) in [5.74, 6) is -0.628. The molecule has 1 heterocycles. The van der Waals surface area contributed by atoms with Gasteiger partial charge in [0, 0.05) is 19.5 Å². The molecule has 4 nitrogen and oxygen atoms in total. The molecule has 0 bridgehead atoms. The summed E-state index contributed by atoms with van der Waals surface area (Å²) in [4.78, 5) is 24.5. The fourth-order valence-corrected chi connectivity index (χ4v) is 1.94. The molecule has 17 heavy (non-hydrogen) atoms. The molecule has 1 fully saturated rings. The molecule has 1 rings (SSSR count). The van der Waals surface area contributed by atoms with Crippen LogP contribution in [0.4, 0.5) is 0 Å². The fourth-order valence-electron chi connectivity index (χ4n) is 1.94. The van der Waals surface area contributed by atoms with Crippen LogP contribution in [0, 0.1) is 17.3 Å². The lowest BCUT2D eigenvalue weighted by Gasteiger charge is -2.39. The molecule has 0 saturated carbocycles. The first kappa shape index (κ1) is 14.0. The maximum Gasteiger partial charge on any atom is 0.308 e. The van der Waals surface area contributed by atoms with E-state index in [1.807, 2.05) is 0 Å². The van der Waals surface area contributed by atoms with Gasteiger partial charge >= 0.3 is 5.97 Å². The topological polar surface area (TPSA) is 57.6 Å². The number of carbonyl (C=O) groups is 2. The van der Waals surface area contributed by atoms with Gasteiger partial charge in [-0.1, -0.05) is 27.7 Å². The summed E-state index contributed by atoms with van der Waals surface area (Å²) in [7, 11) is 0. The van der Waals surface area contributed by atoms with Crippen LogP contribution in [-0.2, 0) is 9.59 Å². The van der Waals surface area contributed by atoms with Gasteiger partial charge in [-0.3, -0.25) is 9.59 Å². The number of carboxylic acids is 1. The molecule has 1 N–H and O–H groups in total. The molecule has 0 aromatic rings. The third-order valence-corrected chi connectivity index (χ3v) is 4.01. The zero-order valence-electron chi connectivity index (χ0n) is 11.2. The van der Waals surface area contributed by atoms with Crippen LogP contribution in [0.3, 0.4) is 0 Å². The van der Waals surface area contributed by atoms with E-state index in [4.69, 9.17) is 5.11 Å². The molecule has 1 saturated heterocycles. The van der Waals surface area contributed by atoms with Crippen LogP contribution in [0.15, 0.2) is 0 Å². The molecule has 1 atom stereocenters. The summed E-state index contributed by atoms with van der Waals surface area (Å²) in [6.45, 7) is 9.51. The Balaban J connectivity index is 2.68. The molecule has 0 radical (unpaired) electrons. The number of piperidine rings is 1. The van der Waals surface area contributed by atoms with Crippen molar-refractivity contribution in [3.63, 3.8) is 0 Å². The van der Waals surface area contributed by atoms with Crippen molar-refractivity contribution in [1.82, 2.24) is 4.90 Å². The molecule has 4 heteroatoms. The number of rotatable bonds is 4. The van der Waals surface area contributed by atoms with Gasteiger partial charge in [-0.15, -0.1) is 0 Å². The largest absolute Gasteiger partial charge is 0.481 e. The second-order valence-electron chi connectivity index (χ2n) is 5.99. The zero-order valence-corrected chi connectivity index (χ0v) is 11.2. The summed E-state index contributed by atoms with van der Waals surface area (Å²) in [6.07, 6.45) is 0.845. The second-order valence-corrected chi connectivity index (χ2v) is 5.99. The van der Waals surface area contributed by atoms with Crippen molar-refractivity contribution < 1.29 is 14.7 Å². The third kappa shape index (κ3) is 3.45. The number of carbonyl (C=O) groups excluding carboxylic acids is 1. The van der Waals surface area contributed by atoms with Crippen molar-refractivity contribution in [2.75, 3.05) is 13.1 Å². The normalized spacial score (nSPS) is 22.1. The van der Waals surface area contributed by atoms with Crippen LogP contribution >= 0.6 is 0 Å². The molecule has 98 valence electrons. The van der Waals surface area contributed by atoms with Crippen LogP contribution in [0.25, 0.3) is 0 Å². The number of nitrogens with zero attached hydrogens (tertiary/aromatic N) is 1. The smallest absolute Gasteiger partial charge is 0.308 e. The third-order valence-electron chi connectivity index (χ3n) is 4.01. The Morgan fingerprint density at radius 2 is 2.12 bits per heavy atom. The SMILES string of the molecule is CC(C)C(C)(C)CN1CC(C(=O)O)CCC1=O. The minimum Gasteiger partial charge on any atom is -0.481 e. The summed E-state index contributed by atoms with van der Waals surface area (Å²) < 4.78 is 0. The molecule has 1 aliphatic heterocycles. The lowest BCUT2D eigenvalue weighted by atomic mass is 9.80. The monoisotopic (exact) mass is 241 g/mol. The van der Waals surface area contributed by atoms with Crippen molar-refractivity contribution in [3.05, 3.63) is 0 Å². The lowest BCUT2D eigenvalue weighted by Crippen LogP contribution is -2.47. The van der Waals surface area contributed by atoms with E-state index in [9.17, 15) is 9.59 Å². The van der Waals surface area contributed by atoms with Gasteiger partial charge in [-0.2, -0.15) is 0 Å². The minimum atomic E-state index is -0.787. The molecular formula is C13H23NO3.